The summed E-state index contributed by atoms with van der Waals surface area (Å²) in [6.45, 7) is 0.325. The number of ether oxygens (including phenoxy) is 1. The number of hydrogen-bond donors (Lipinski definition) is 3. The van der Waals surface area contributed by atoms with Crippen LogP contribution in [0, 0.1) is 0 Å². The van der Waals surface area contributed by atoms with Gasteiger partial charge in [-0.2, -0.15) is 0 Å². The van der Waals surface area contributed by atoms with Gasteiger partial charge in [-0.25, -0.2) is 0 Å². The molecule has 110 valence electrons. The van der Waals surface area contributed by atoms with Crippen LogP contribution in [0.25, 0.3) is 0 Å². The predicted molar refractivity (Wildman–Crippen MR) is 78.2 cm³/mol. The smallest absolute Gasteiger partial charge is 0.255 e. The van der Waals surface area contributed by atoms with Crippen LogP contribution in [0.2, 0.25) is 0 Å². The largest absolute Gasteiger partial charge is 0.504 e. The first-order valence-corrected chi connectivity index (χ1v) is 6.48. The van der Waals surface area contributed by atoms with Crippen molar-refractivity contribution in [2.75, 3.05) is 7.11 Å². The van der Waals surface area contributed by atoms with Crippen molar-refractivity contribution in [3.8, 4) is 11.5 Å². The number of hydrogen-bond acceptors (Lipinski definition) is 4. The average Bonchev–Trinajstić information content (AvgIpc) is 2.53. The lowest BCUT2D eigenvalue weighted by atomic mass is 10.1. The van der Waals surface area contributed by atoms with E-state index in [9.17, 15) is 9.90 Å². The van der Waals surface area contributed by atoms with Crippen molar-refractivity contribution in [1.82, 2.24) is 5.32 Å². The number of carbonyl (C=O) groups excluding carboxylic acids is 1. The van der Waals surface area contributed by atoms with Crippen LogP contribution < -0.4 is 10.1 Å². The molecule has 2 aromatic rings. The third kappa shape index (κ3) is 3.52. The normalized spacial score (nSPS) is 10.2. The van der Waals surface area contributed by atoms with Gasteiger partial charge in [-0.05, 0) is 23.3 Å². The third-order valence-electron chi connectivity index (χ3n) is 3.12. The maximum absolute atomic E-state index is 12.1. The molecule has 0 spiro atoms. The number of phenolic OH excluding ortho intramolecular Hbond substituents is 1. The molecule has 0 saturated heterocycles. The second kappa shape index (κ2) is 6.76. The van der Waals surface area contributed by atoms with Crippen LogP contribution in [0.4, 0.5) is 0 Å². The van der Waals surface area contributed by atoms with Gasteiger partial charge in [-0.3, -0.25) is 4.79 Å². The molecule has 0 aliphatic rings. The highest BCUT2D eigenvalue weighted by atomic mass is 16.5. The summed E-state index contributed by atoms with van der Waals surface area (Å²) >= 11 is 0. The fourth-order valence-electron chi connectivity index (χ4n) is 1.91. The molecule has 0 heterocycles. The Bertz CT molecular complexity index is 623. The number of aromatic hydroxyl groups is 1. The fraction of sp³-hybridized carbons (Fsp3) is 0.188. The summed E-state index contributed by atoms with van der Waals surface area (Å²) in [5, 5.41) is 21.6. The Morgan fingerprint density at radius 2 is 1.81 bits per heavy atom. The first kappa shape index (κ1) is 14.9. The molecule has 0 unspecified atom stereocenters. The summed E-state index contributed by atoms with van der Waals surface area (Å²) in [6.07, 6.45) is 0. The number of methoxy groups -OCH3 is 1. The average molecular weight is 287 g/mol. The summed E-state index contributed by atoms with van der Waals surface area (Å²) in [7, 11) is 1.43. The molecule has 0 aliphatic heterocycles. The lowest BCUT2D eigenvalue weighted by molar-refractivity contribution is 0.0947. The topological polar surface area (TPSA) is 78.8 Å². The number of rotatable bonds is 5. The highest BCUT2D eigenvalue weighted by Gasteiger charge is 2.14. The molecule has 2 rings (SSSR count). The van der Waals surface area contributed by atoms with Crippen LogP contribution >= 0.6 is 0 Å². The second-order valence-electron chi connectivity index (χ2n) is 4.51. The van der Waals surface area contributed by atoms with Crippen LogP contribution in [0.5, 0.6) is 11.5 Å². The maximum atomic E-state index is 12.1. The van der Waals surface area contributed by atoms with Crippen LogP contribution in [0.1, 0.15) is 21.5 Å². The van der Waals surface area contributed by atoms with Gasteiger partial charge in [0.25, 0.3) is 5.91 Å². The van der Waals surface area contributed by atoms with E-state index in [0.717, 1.165) is 11.1 Å². The van der Waals surface area contributed by atoms with E-state index in [1.165, 1.54) is 13.2 Å². The minimum absolute atomic E-state index is 0.00960. The van der Waals surface area contributed by atoms with E-state index in [-0.39, 0.29) is 29.6 Å². The fourth-order valence-corrected chi connectivity index (χ4v) is 1.91. The summed E-state index contributed by atoms with van der Waals surface area (Å²) in [4.78, 5) is 12.1. The summed E-state index contributed by atoms with van der Waals surface area (Å²) in [5.41, 5.74) is 1.89. The van der Waals surface area contributed by atoms with Crippen molar-refractivity contribution in [2.24, 2.45) is 0 Å². The zero-order valence-corrected chi connectivity index (χ0v) is 11.7. The number of nitrogens with one attached hydrogen (secondary N) is 1. The number of carbonyl (C=O) groups is 1. The van der Waals surface area contributed by atoms with Gasteiger partial charge in [0.2, 0.25) is 0 Å². The van der Waals surface area contributed by atoms with Crippen molar-refractivity contribution in [3.63, 3.8) is 0 Å². The molecule has 3 N–H and O–H groups in total. The first-order chi connectivity index (χ1) is 10.2. The van der Waals surface area contributed by atoms with Gasteiger partial charge in [0.1, 0.15) is 0 Å². The van der Waals surface area contributed by atoms with Crippen LogP contribution in [-0.4, -0.2) is 23.2 Å². The van der Waals surface area contributed by atoms with Crippen molar-refractivity contribution in [1.29, 1.82) is 0 Å². The van der Waals surface area contributed by atoms with Gasteiger partial charge >= 0.3 is 0 Å². The van der Waals surface area contributed by atoms with Crippen molar-refractivity contribution in [2.45, 2.75) is 13.2 Å². The third-order valence-corrected chi connectivity index (χ3v) is 3.12. The monoisotopic (exact) mass is 287 g/mol. The first-order valence-electron chi connectivity index (χ1n) is 6.48. The van der Waals surface area contributed by atoms with Gasteiger partial charge in [0.15, 0.2) is 11.5 Å². The molecule has 0 saturated carbocycles. The Hall–Kier alpha value is -2.53. The molecule has 5 nitrogen and oxygen atoms in total. The number of aliphatic hydroxyl groups is 1. The number of benzene rings is 2. The molecule has 0 fully saturated rings. The molecular formula is C16H17NO4. The molecule has 0 radical (unpaired) electrons. The van der Waals surface area contributed by atoms with Crippen molar-refractivity contribution >= 4 is 5.91 Å². The number of phenols is 1. The Labute approximate surface area is 122 Å². The zero-order chi connectivity index (χ0) is 15.2. The van der Waals surface area contributed by atoms with E-state index in [4.69, 9.17) is 9.84 Å². The molecule has 0 bridgehead atoms. The van der Waals surface area contributed by atoms with Crippen LogP contribution in [0.15, 0.2) is 42.5 Å². The Morgan fingerprint density at radius 1 is 1.14 bits per heavy atom. The van der Waals surface area contributed by atoms with Gasteiger partial charge in [-0.1, -0.05) is 30.3 Å². The highest BCUT2D eigenvalue weighted by Crippen LogP contribution is 2.29. The standard InChI is InChI=1S/C16H17NO4/c1-21-14-4-2-3-13(15(14)19)16(20)17-9-11-5-7-12(10-18)8-6-11/h2-8,18-19H,9-10H2,1H3,(H,17,20). The Balaban J connectivity index is 2.04. The van der Waals surface area contributed by atoms with Gasteiger partial charge in [0, 0.05) is 6.54 Å². The van der Waals surface area contributed by atoms with E-state index in [1.807, 2.05) is 12.1 Å². The minimum atomic E-state index is -0.377. The van der Waals surface area contributed by atoms with E-state index >= 15 is 0 Å². The summed E-state index contributed by atoms with van der Waals surface area (Å²) < 4.78 is 4.97. The maximum Gasteiger partial charge on any atom is 0.255 e. The van der Waals surface area contributed by atoms with E-state index in [0.29, 0.717) is 6.54 Å². The molecule has 0 aromatic heterocycles. The molecular weight excluding hydrogens is 270 g/mol. The van der Waals surface area contributed by atoms with Gasteiger partial charge in [0.05, 0.1) is 19.3 Å². The van der Waals surface area contributed by atoms with E-state index in [1.54, 1.807) is 24.3 Å². The molecule has 21 heavy (non-hydrogen) atoms. The molecule has 0 atom stereocenters. The van der Waals surface area contributed by atoms with E-state index < -0.39 is 0 Å². The van der Waals surface area contributed by atoms with Crippen molar-refractivity contribution in [3.05, 3.63) is 59.2 Å². The summed E-state index contributed by atoms with van der Waals surface area (Å²) in [5.74, 6) is -0.291. The Kier molecular flexibility index (Phi) is 4.79. The zero-order valence-electron chi connectivity index (χ0n) is 11.7. The quantitative estimate of drug-likeness (QED) is 0.784. The highest BCUT2D eigenvalue weighted by molar-refractivity contribution is 5.97. The number of para-hydroxylation sites is 1. The second-order valence-corrected chi connectivity index (χ2v) is 4.51. The predicted octanol–water partition coefficient (Wildman–Crippen LogP) is 1.82. The minimum Gasteiger partial charge on any atom is -0.504 e. The number of amides is 1. The van der Waals surface area contributed by atoms with Crippen molar-refractivity contribution < 1.29 is 19.7 Å². The van der Waals surface area contributed by atoms with Gasteiger partial charge < -0.3 is 20.3 Å². The molecule has 2 aromatic carbocycles. The lowest BCUT2D eigenvalue weighted by Gasteiger charge is -2.09. The molecule has 0 aliphatic carbocycles. The van der Waals surface area contributed by atoms with Crippen LogP contribution in [0.3, 0.4) is 0 Å². The van der Waals surface area contributed by atoms with Crippen LogP contribution in [-0.2, 0) is 13.2 Å². The number of aliphatic hydroxyl groups excluding tert-OH is 1. The van der Waals surface area contributed by atoms with E-state index in [2.05, 4.69) is 5.32 Å². The molecule has 5 heteroatoms. The Morgan fingerprint density at radius 3 is 2.43 bits per heavy atom. The molecule has 1 amide bonds. The SMILES string of the molecule is COc1cccc(C(=O)NCc2ccc(CO)cc2)c1O. The lowest BCUT2D eigenvalue weighted by Crippen LogP contribution is -2.22. The summed E-state index contributed by atoms with van der Waals surface area (Å²) in [6, 6.07) is 12.0. The van der Waals surface area contributed by atoms with Gasteiger partial charge in [-0.15, -0.1) is 0 Å².